The molecule has 2 saturated heterocycles. The van der Waals surface area contributed by atoms with Gasteiger partial charge in [-0.2, -0.15) is 0 Å². The summed E-state index contributed by atoms with van der Waals surface area (Å²) in [6.07, 6.45) is 7.35. The van der Waals surface area contributed by atoms with E-state index in [1.54, 1.807) is 0 Å². The van der Waals surface area contributed by atoms with E-state index in [2.05, 4.69) is 38.2 Å². The topological polar surface area (TPSA) is 69.3 Å². The molecular formula is C22H29N5O. The van der Waals surface area contributed by atoms with Gasteiger partial charge < -0.3 is 5.32 Å². The smallest absolute Gasteiger partial charge is 0.251 e. The van der Waals surface area contributed by atoms with E-state index in [0.717, 1.165) is 44.5 Å². The number of piperidine rings is 1. The van der Waals surface area contributed by atoms with Crippen LogP contribution in [-0.4, -0.2) is 41.6 Å². The maximum Gasteiger partial charge on any atom is 0.251 e. The van der Waals surface area contributed by atoms with Gasteiger partial charge in [0.1, 0.15) is 0 Å². The number of carbonyl (C=O) groups excluding carboxylic acids is 1. The van der Waals surface area contributed by atoms with Crippen LogP contribution in [-0.2, 0) is 0 Å². The molecule has 6 heteroatoms. The number of hydrogen-bond donors (Lipinski definition) is 3. The van der Waals surface area contributed by atoms with Gasteiger partial charge in [0.2, 0.25) is 0 Å². The number of carbonyl (C=O) groups is 1. The number of nitrogens with zero attached hydrogens (tertiary/aromatic N) is 2. The number of benzene rings is 1. The molecule has 6 nitrogen and oxygen atoms in total. The van der Waals surface area contributed by atoms with Crippen LogP contribution in [0.15, 0.2) is 48.8 Å². The molecule has 1 aromatic carbocycles. The van der Waals surface area contributed by atoms with E-state index in [-0.39, 0.29) is 5.91 Å². The lowest BCUT2D eigenvalue weighted by Crippen LogP contribution is -2.49. The summed E-state index contributed by atoms with van der Waals surface area (Å²) in [7, 11) is 0. The third-order valence-electron chi connectivity index (χ3n) is 5.95. The van der Waals surface area contributed by atoms with Gasteiger partial charge in [0.05, 0.1) is 6.17 Å². The number of likely N-dealkylation sites (tertiary alicyclic amines) is 1. The van der Waals surface area contributed by atoms with Crippen molar-refractivity contribution in [3.05, 3.63) is 65.5 Å². The van der Waals surface area contributed by atoms with Crippen molar-refractivity contribution in [3.63, 3.8) is 0 Å². The molecule has 0 aliphatic carbocycles. The third kappa shape index (κ3) is 4.58. The van der Waals surface area contributed by atoms with Crippen LogP contribution in [0.1, 0.15) is 46.8 Å². The number of nitrogens with one attached hydrogen (secondary N) is 3. The predicted octanol–water partition coefficient (Wildman–Crippen LogP) is 2.40. The Hall–Kier alpha value is -2.28. The number of rotatable bonds is 5. The predicted molar refractivity (Wildman–Crippen MR) is 109 cm³/mol. The molecule has 2 aromatic rings. The van der Waals surface area contributed by atoms with E-state index >= 15 is 0 Å². The van der Waals surface area contributed by atoms with Gasteiger partial charge in [-0.15, -0.1) is 0 Å². The standard InChI is InChI=1S/C22H29N5O/c1-16-2-4-19(5-3-16)22(28)24-15-17-8-12-27(13-9-17)21-14-20(25-26-21)18-6-10-23-11-7-18/h2-7,10-11,17,20-21,25-26H,8-9,12-15H2,1H3,(H,24,28). The minimum atomic E-state index is 0.0317. The molecule has 0 saturated carbocycles. The Morgan fingerprint density at radius 3 is 2.54 bits per heavy atom. The van der Waals surface area contributed by atoms with Gasteiger partial charge in [0.25, 0.3) is 5.91 Å². The average molecular weight is 380 g/mol. The van der Waals surface area contributed by atoms with Gasteiger partial charge in [0, 0.05) is 30.5 Å². The van der Waals surface area contributed by atoms with E-state index in [1.165, 1.54) is 11.1 Å². The van der Waals surface area contributed by atoms with Gasteiger partial charge in [-0.1, -0.05) is 17.7 Å². The second-order valence-electron chi connectivity index (χ2n) is 7.93. The Morgan fingerprint density at radius 2 is 1.82 bits per heavy atom. The Morgan fingerprint density at radius 1 is 1.11 bits per heavy atom. The molecule has 0 radical (unpaired) electrons. The first kappa shape index (κ1) is 19.1. The van der Waals surface area contributed by atoms with Crippen LogP contribution < -0.4 is 16.2 Å². The normalized spacial score (nSPS) is 23.6. The largest absolute Gasteiger partial charge is 0.352 e. The van der Waals surface area contributed by atoms with Crippen molar-refractivity contribution in [1.82, 2.24) is 26.1 Å². The number of amides is 1. The summed E-state index contributed by atoms with van der Waals surface area (Å²) in [5, 5.41) is 3.11. The van der Waals surface area contributed by atoms with E-state index in [0.29, 0.717) is 18.1 Å². The zero-order chi connectivity index (χ0) is 19.3. The highest BCUT2D eigenvalue weighted by Crippen LogP contribution is 2.26. The van der Waals surface area contributed by atoms with Crippen molar-refractivity contribution in [2.45, 2.75) is 38.4 Å². The molecule has 148 valence electrons. The molecule has 3 heterocycles. The van der Waals surface area contributed by atoms with Gasteiger partial charge >= 0.3 is 0 Å². The highest BCUT2D eigenvalue weighted by atomic mass is 16.1. The number of hydrogen-bond acceptors (Lipinski definition) is 5. The summed E-state index contributed by atoms with van der Waals surface area (Å²) >= 11 is 0. The zero-order valence-corrected chi connectivity index (χ0v) is 16.4. The second-order valence-corrected chi connectivity index (χ2v) is 7.93. The van der Waals surface area contributed by atoms with E-state index in [4.69, 9.17) is 0 Å². The van der Waals surface area contributed by atoms with E-state index in [1.807, 2.05) is 43.6 Å². The summed E-state index contributed by atoms with van der Waals surface area (Å²) in [5.41, 5.74) is 10.1. The Balaban J connectivity index is 1.21. The minimum absolute atomic E-state index is 0.0317. The van der Waals surface area contributed by atoms with Crippen LogP contribution in [0.4, 0.5) is 0 Å². The Bertz CT molecular complexity index is 771. The molecule has 28 heavy (non-hydrogen) atoms. The quantitative estimate of drug-likeness (QED) is 0.744. The summed E-state index contributed by atoms with van der Waals surface area (Å²) in [4.78, 5) is 18.9. The monoisotopic (exact) mass is 379 g/mol. The molecule has 4 rings (SSSR count). The van der Waals surface area contributed by atoms with Crippen molar-refractivity contribution >= 4 is 5.91 Å². The molecule has 2 atom stereocenters. The molecule has 0 spiro atoms. The Kier molecular flexibility index (Phi) is 6.00. The summed E-state index contributed by atoms with van der Waals surface area (Å²) in [6, 6.07) is 12.2. The van der Waals surface area contributed by atoms with Crippen LogP contribution in [0, 0.1) is 12.8 Å². The molecule has 0 bridgehead atoms. The fourth-order valence-corrected chi connectivity index (χ4v) is 4.11. The fourth-order valence-electron chi connectivity index (χ4n) is 4.11. The number of aryl methyl sites for hydroxylation is 1. The van der Waals surface area contributed by atoms with Gasteiger partial charge in [-0.25, -0.2) is 10.9 Å². The third-order valence-corrected chi connectivity index (χ3v) is 5.95. The van der Waals surface area contributed by atoms with Gasteiger partial charge in [-0.3, -0.25) is 14.7 Å². The molecule has 3 N–H and O–H groups in total. The van der Waals surface area contributed by atoms with Gasteiger partial charge in [0.15, 0.2) is 0 Å². The van der Waals surface area contributed by atoms with E-state index in [9.17, 15) is 4.79 Å². The molecule has 2 unspecified atom stereocenters. The second kappa shape index (κ2) is 8.82. The van der Waals surface area contributed by atoms with Crippen molar-refractivity contribution in [2.75, 3.05) is 19.6 Å². The summed E-state index contributed by atoms with van der Waals surface area (Å²) in [5.74, 6) is 0.584. The SMILES string of the molecule is Cc1ccc(C(=O)NCC2CCN(C3CC(c4ccncc4)NN3)CC2)cc1. The van der Waals surface area contributed by atoms with Crippen molar-refractivity contribution in [1.29, 1.82) is 0 Å². The lowest BCUT2D eigenvalue weighted by atomic mass is 9.95. The molecule has 1 aromatic heterocycles. The summed E-state index contributed by atoms with van der Waals surface area (Å²) in [6.45, 7) is 4.92. The van der Waals surface area contributed by atoms with Crippen LogP contribution in [0.25, 0.3) is 0 Å². The molecule has 2 aliphatic rings. The number of hydrazine groups is 1. The molecular weight excluding hydrogens is 350 g/mol. The average Bonchev–Trinajstić information content (AvgIpc) is 3.24. The first-order chi connectivity index (χ1) is 13.7. The van der Waals surface area contributed by atoms with Crippen molar-refractivity contribution in [3.8, 4) is 0 Å². The molecule has 2 aliphatic heterocycles. The van der Waals surface area contributed by atoms with E-state index < -0.39 is 0 Å². The number of aromatic nitrogens is 1. The number of pyridine rings is 1. The van der Waals surface area contributed by atoms with Crippen molar-refractivity contribution < 1.29 is 4.79 Å². The maximum absolute atomic E-state index is 12.3. The van der Waals surface area contributed by atoms with Crippen LogP contribution in [0.5, 0.6) is 0 Å². The summed E-state index contributed by atoms with van der Waals surface area (Å²) < 4.78 is 0. The first-order valence-electron chi connectivity index (χ1n) is 10.2. The van der Waals surface area contributed by atoms with Crippen LogP contribution >= 0.6 is 0 Å². The highest BCUT2D eigenvalue weighted by Gasteiger charge is 2.31. The fraction of sp³-hybridized carbons (Fsp3) is 0.455. The zero-order valence-electron chi connectivity index (χ0n) is 16.4. The minimum Gasteiger partial charge on any atom is -0.352 e. The highest BCUT2D eigenvalue weighted by molar-refractivity contribution is 5.94. The van der Waals surface area contributed by atoms with Crippen molar-refractivity contribution in [2.24, 2.45) is 5.92 Å². The van der Waals surface area contributed by atoms with Gasteiger partial charge in [-0.05, 0) is 75.0 Å². The first-order valence-corrected chi connectivity index (χ1v) is 10.2. The molecule has 1 amide bonds. The lowest BCUT2D eigenvalue weighted by Gasteiger charge is -2.35. The van der Waals surface area contributed by atoms with Crippen LogP contribution in [0.2, 0.25) is 0 Å². The molecule has 2 fully saturated rings. The lowest BCUT2D eigenvalue weighted by molar-refractivity contribution is 0.0914. The van der Waals surface area contributed by atoms with Crippen LogP contribution in [0.3, 0.4) is 0 Å². The maximum atomic E-state index is 12.3. The Labute approximate surface area is 166 Å².